The maximum Gasteiger partial charge on any atom is 0.126 e. The first-order chi connectivity index (χ1) is 6.34. The molecule has 1 fully saturated rings. The predicted molar refractivity (Wildman–Crippen MR) is 62.4 cm³/mol. The molecule has 0 N–H and O–H groups in total. The Hall–Kier alpha value is -0.410. The smallest absolute Gasteiger partial charge is 0.126 e. The quantitative estimate of drug-likeness (QED) is 0.741. The minimum atomic E-state index is 0.829. The lowest BCUT2D eigenvalue weighted by atomic mass is 10.1. The topological polar surface area (TPSA) is 12.4 Å². The van der Waals surface area contributed by atoms with Crippen LogP contribution in [0.15, 0.2) is 29.3 Å². The van der Waals surface area contributed by atoms with Gasteiger partial charge in [0.2, 0.25) is 0 Å². The summed E-state index contributed by atoms with van der Waals surface area (Å²) in [6, 6.07) is 8.56. The molecule has 13 heavy (non-hydrogen) atoms. The van der Waals surface area contributed by atoms with Crippen molar-refractivity contribution in [3.63, 3.8) is 0 Å². The van der Waals surface area contributed by atoms with E-state index in [1.165, 1.54) is 20.6 Å². The van der Waals surface area contributed by atoms with Crippen molar-refractivity contribution in [1.29, 1.82) is 0 Å². The maximum absolute atomic E-state index is 4.47. The van der Waals surface area contributed by atoms with Crippen molar-refractivity contribution in [2.45, 2.75) is 13.5 Å². The normalized spacial score (nSPS) is 15.3. The van der Waals surface area contributed by atoms with Crippen LogP contribution in [0.4, 0.5) is 0 Å². The van der Waals surface area contributed by atoms with Crippen LogP contribution in [0.5, 0.6) is 0 Å². The Labute approximate surface area is 87.0 Å². The third-order valence-corrected chi connectivity index (χ3v) is 4.28. The third-order valence-electron chi connectivity index (χ3n) is 1.88. The van der Waals surface area contributed by atoms with Gasteiger partial charge in [0.25, 0.3) is 0 Å². The van der Waals surface area contributed by atoms with Crippen molar-refractivity contribution in [3.8, 4) is 0 Å². The fourth-order valence-corrected chi connectivity index (χ4v) is 2.26. The molecule has 1 nitrogen and oxygen atoms in total. The second-order valence-corrected chi connectivity index (χ2v) is 5.53. The SMILES string of the molecule is Cc1ccc(CN=C2SCS2)cc1. The Kier molecular flexibility index (Phi) is 2.96. The molecule has 68 valence electrons. The summed E-state index contributed by atoms with van der Waals surface area (Å²) in [6.07, 6.45) is 0. The first-order valence-electron chi connectivity index (χ1n) is 4.20. The van der Waals surface area contributed by atoms with Gasteiger partial charge in [-0.15, -0.1) is 0 Å². The van der Waals surface area contributed by atoms with Gasteiger partial charge in [-0.1, -0.05) is 53.4 Å². The van der Waals surface area contributed by atoms with Crippen molar-refractivity contribution in [2.75, 3.05) is 5.08 Å². The van der Waals surface area contributed by atoms with Gasteiger partial charge in [0, 0.05) is 0 Å². The van der Waals surface area contributed by atoms with Crippen LogP contribution in [0.2, 0.25) is 0 Å². The minimum absolute atomic E-state index is 0.829. The van der Waals surface area contributed by atoms with Crippen LogP contribution in [0.25, 0.3) is 0 Å². The molecule has 0 radical (unpaired) electrons. The van der Waals surface area contributed by atoms with Gasteiger partial charge >= 0.3 is 0 Å². The van der Waals surface area contributed by atoms with E-state index in [0.29, 0.717) is 0 Å². The van der Waals surface area contributed by atoms with Crippen LogP contribution in [0.1, 0.15) is 11.1 Å². The Morgan fingerprint density at radius 1 is 1.23 bits per heavy atom. The maximum atomic E-state index is 4.47. The van der Waals surface area contributed by atoms with Gasteiger partial charge in [0.05, 0.1) is 11.6 Å². The van der Waals surface area contributed by atoms with Crippen LogP contribution in [0.3, 0.4) is 0 Å². The van der Waals surface area contributed by atoms with Gasteiger partial charge in [-0.3, -0.25) is 4.99 Å². The summed E-state index contributed by atoms with van der Waals surface area (Å²) in [5, 5.41) is 1.17. The molecule has 1 heterocycles. The Bertz CT molecular complexity index is 310. The molecule has 1 aromatic carbocycles. The van der Waals surface area contributed by atoms with E-state index in [9.17, 15) is 0 Å². The molecule has 0 saturated carbocycles. The second-order valence-electron chi connectivity index (χ2n) is 2.97. The fourth-order valence-electron chi connectivity index (χ4n) is 1.05. The summed E-state index contributed by atoms with van der Waals surface area (Å²) < 4.78 is 1.24. The molecule has 0 aliphatic carbocycles. The molecule has 0 atom stereocenters. The zero-order valence-corrected chi connectivity index (χ0v) is 9.12. The molecule has 0 spiro atoms. The molecular formula is C10H11NS2. The summed E-state index contributed by atoms with van der Waals surface area (Å²) in [5.41, 5.74) is 2.61. The molecule has 0 unspecified atom stereocenters. The number of hydrogen-bond acceptors (Lipinski definition) is 3. The zero-order valence-electron chi connectivity index (χ0n) is 7.49. The Balaban J connectivity index is 1.97. The molecule has 0 aromatic heterocycles. The molecule has 1 aromatic rings. The average Bonchev–Trinajstić information content (AvgIpc) is 2.05. The molecule has 1 aliphatic heterocycles. The van der Waals surface area contributed by atoms with Crippen molar-refractivity contribution >= 4 is 27.9 Å². The van der Waals surface area contributed by atoms with Crippen LogP contribution >= 0.6 is 23.5 Å². The van der Waals surface area contributed by atoms with E-state index in [0.717, 1.165) is 6.54 Å². The van der Waals surface area contributed by atoms with Gasteiger partial charge in [0.1, 0.15) is 4.38 Å². The van der Waals surface area contributed by atoms with E-state index in [4.69, 9.17) is 0 Å². The highest BCUT2D eigenvalue weighted by Gasteiger charge is 2.10. The van der Waals surface area contributed by atoms with Gasteiger partial charge in [-0.2, -0.15) is 0 Å². The van der Waals surface area contributed by atoms with Crippen LogP contribution in [-0.2, 0) is 6.54 Å². The minimum Gasteiger partial charge on any atom is -0.267 e. The number of aliphatic imine (C=N–C) groups is 1. The van der Waals surface area contributed by atoms with Crippen molar-refractivity contribution in [3.05, 3.63) is 35.4 Å². The van der Waals surface area contributed by atoms with Crippen LogP contribution in [0, 0.1) is 6.92 Å². The molecule has 1 saturated heterocycles. The monoisotopic (exact) mass is 209 g/mol. The third kappa shape index (κ3) is 2.51. The highest BCUT2D eigenvalue weighted by molar-refractivity contribution is 8.52. The first kappa shape index (κ1) is 9.16. The average molecular weight is 209 g/mol. The number of benzene rings is 1. The van der Waals surface area contributed by atoms with E-state index >= 15 is 0 Å². The number of rotatable bonds is 2. The molecule has 0 amide bonds. The molecule has 1 aliphatic rings. The number of hydrogen-bond donors (Lipinski definition) is 0. The van der Waals surface area contributed by atoms with Crippen LogP contribution in [-0.4, -0.2) is 9.46 Å². The van der Waals surface area contributed by atoms with Gasteiger partial charge in [-0.25, -0.2) is 0 Å². The molecular weight excluding hydrogens is 198 g/mol. The van der Waals surface area contributed by atoms with E-state index in [1.54, 1.807) is 0 Å². The van der Waals surface area contributed by atoms with E-state index in [1.807, 2.05) is 23.5 Å². The predicted octanol–water partition coefficient (Wildman–Crippen LogP) is 3.29. The molecule has 0 bridgehead atoms. The summed E-state index contributed by atoms with van der Waals surface area (Å²) >= 11 is 3.68. The number of aryl methyl sites for hydroxylation is 1. The number of nitrogens with zero attached hydrogens (tertiary/aromatic N) is 1. The lowest BCUT2D eigenvalue weighted by Crippen LogP contribution is -1.98. The van der Waals surface area contributed by atoms with E-state index in [-0.39, 0.29) is 0 Å². The van der Waals surface area contributed by atoms with Crippen molar-refractivity contribution in [2.24, 2.45) is 4.99 Å². The standard InChI is InChI=1S/C10H11NS2/c1-8-2-4-9(5-3-8)6-11-10-12-7-13-10/h2-5H,6-7H2,1H3. The van der Waals surface area contributed by atoms with Gasteiger partial charge in [0.15, 0.2) is 0 Å². The van der Waals surface area contributed by atoms with Crippen molar-refractivity contribution in [1.82, 2.24) is 0 Å². The van der Waals surface area contributed by atoms with Gasteiger partial charge < -0.3 is 0 Å². The first-order valence-corrected chi connectivity index (χ1v) is 6.17. The van der Waals surface area contributed by atoms with Gasteiger partial charge in [-0.05, 0) is 12.5 Å². The van der Waals surface area contributed by atoms with Crippen LogP contribution < -0.4 is 0 Å². The van der Waals surface area contributed by atoms with E-state index in [2.05, 4.69) is 36.2 Å². The Morgan fingerprint density at radius 2 is 1.92 bits per heavy atom. The highest BCUT2D eigenvalue weighted by atomic mass is 32.3. The number of thioether (sulfide) groups is 2. The summed E-state index contributed by atoms with van der Waals surface area (Å²) in [6.45, 7) is 2.93. The Morgan fingerprint density at radius 3 is 2.46 bits per heavy atom. The lowest BCUT2D eigenvalue weighted by molar-refractivity contribution is 1.08. The van der Waals surface area contributed by atoms with E-state index < -0.39 is 0 Å². The molecule has 2 rings (SSSR count). The van der Waals surface area contributed by atoms with Crippen molar-refractivity contribution < 1.29 is 0 Å². The largest absolute Gasteiger partial charge is 0.267 e. The fraction of sp³-hybridized carbons (Fsp3) is 0.300. The summed E-state index contributed by atoms with van der Waals surface area (Å²) in [5.74, 6) is 0. The zero-order chi connectivity index (χ0) is 9.10. The highest BCUT2D eigenvalue weighted by Crippen LogP contribution is 2.32. The lowest BCUT2D eigenvalue weighted by Gasteiger charge is -2.12. The summed E-state index contributed by atoms with van der Waals surface area (Å²) in [7, 11) is 0. The second kappa shape index (κ2) is 4.20. The molecule has 3 heteroatoms. The summed E-state index contributed by atoms with van der Waals surface area (Å²) in [4.78, 5) is 4.47.